The highest BCUT2D eigenvalue weighted by atomic mass is 32.2. The standard InChI is InChI=1S/C14H20FNOS/c1-2-8-16-12-7-9-17-10-14(12)18-13-6-4-3-5-11(13)15/h3-6,12,14,16H,2,7-10H2,1H3. The molecule has 4 heteroatoms. The molecule has 18 heavy (non-hydrogen) atoms. The van der Waals surface area contributed by atoms with Crippen LogP contribution in [0.2, 0.25) is 0 Å². The van der Waals surface area contributed by atoms with Gasteiger partial charge in [0.15, 0.2) is 0 Å². The highest BCUT2D eigenvalue weighted by Crippen LogP contribution is 2.30. The van der Waals surface area contributed by atoms with E-state index in [0.717, 1.165) is 30.9 Å². The van der Waals surface area contributed by atoms with Gasteiger partial charge in [-0.3, -0.25) is 0 Å². The third kappa shape index (κ3) is 3.70. The van der Waals surface area contributed by atoms with E-state index in [4.69, 9.17) is 4.74 Å². The van der Waals surface area contributed by atoms with Crippen LogP contribution >= 0.6 is 11.8 Å². The average molecular weight is 269 g/mol. The quantitative estimate of drug-likeness (QED) is 0.887. The van der Waals surface area contributed by atoms with Gasteiger partial charge in [-0.15, -0.1) is 11.8 Å². The van der Waals surface area contributed by atoms with E-state index in [1.807, 2.05) is 12.1 Å². The van der Waals surface area contributed by atoms with Gasteiger partial charge in [0.05, 0.1) is 6.61 Å². The second kappa shape index (κ2) is 7.12. The molecular formula is C14H20FNOS. The van der Waals surface area contributed by atoms with Crippen LogP contribution < -0.4 is 5.32 Å². The molecule has 0 saturated carbocycles. The van der Waals surface area contributed by atoms with Crippen molar-refractivity contribution in [2.45, 2.75) is 36.0 Å². The van der Waals surface area contributed by atoms with E-state index < -0.39 is 0 Å². The zero-order chi connectivity index (χ0) is 12.8. The fourth-order valence-electron chi connectivity index (χ4n) is 2.09. The highest BCUT2D eigenvalue weighted by molar-refractivity contribution is 8.00. The van der Waals surface area contributed by atoms with Crippen LogP contribution in [-0.2, 0) is 4.74 Å². The van der Waals surface area contributed by atoms with Gasteiger partial charge < -0.3 is 10.1 Å². The summed E-state index contributed by atoms with van der Waals surface area (Å²) >= 11 is 1.59. The summed E-state index contributed by atoms with van der Waals surface area (Å²) in [7, 11) is 0. The van der Waals surface area contributed by atoms with Crippen molar-refractivity contribution in [2.75, 3.05) is 19.8 Å². The smallest absolute Gasteiger partial charge is 0.136 e. The zero-order valence-corrected chi connectivity index (χ0v) is 11.5. The van der Waals surface area contributed by atoms with Crippen molar-refractivity contribution in [1.29, 1.82) is 0 Å². The molecular weight excluding hydrogens is 249 g/mol. The maximum atomic E-state index is 13.6. The lowest BCUT2D eigenvalue weighted by Gasteiger charge is -2.32. The molecule has 1 aliphatic rings. The molecule has 1 N–H and O–H groups in total. The summed E-state index contributed by atoms with van der Waals surface area (Å²) < 4.78 is 19.2. The van der Waals surface area contributed by atoms with Crippen molar-refractivity contribution < 1.29 is 9.13 Å². The monoisotopic (exact) mass is 269 g/mol. The van der Waals surface area contributed by atoms with Crippen molar-refractivity contribution in [3.63, 3.8) is 0 Å². The summed E-state index contributed by atoms with van der Waals surface area (Å²) in [5.74, 6) is -0.137. The summed E-state index contributed by atoms with van der Waals surface area (Å²) in [4.78, 5) is 0.719. The minimum atomic E-state index is -0.137. The molecule has 2 nitrogen and oxygen atoms in total. The van der Waals surface area contributed by atoms with E-state index in [1.54, 1.807) is 17.8 Å². The first kappa shape index (κ1) is 13.8. The van der Waals surface area contributed by atoms with Gasteiger partial charge in [-0.05, 0) is 31.5 Å². The van der Waals surface area contributed by atoms with Gasteiger partial charge >= 0.3 is 0 Å². The molecule has 0 radical (unpaired) electrons. The molecule has 1 aromatic carbocycles. The molecule has 2 atom stereocenters. The SMILES string of the molecule is CCCNC1CCOCC1Sc1ccccc1F. The Morgan fingerprint density at radius 3 is 3.06 bits per heavy atom. The zero-order valence-electron chi connectivity index (χ0n) is 10.7. The van der Waals surface area contributed by atoms with Crippen molar-refractivity contribution >= 4 is 11.8 Å². The number of thioether (sulfide) groups is 1. The van der Waals surface area contributed by atoms with Gasteiger partial charge in [0.2, 0.25) is 0 Å². The molecule has 0 spiro atoms. The van der Waals surface area contributed by atoms with Crippen molar-refractivity contribution in [2.24, 2.45) is 0 Å². The fourth-order valence-corrected chi connectivity index (χ4v) is 3.32. The lowest BCUT2D eigenvalue weighted by molar-refractivity contribution is 0.0833. The molecule has 100 valence electrons. The minimum absolute atomic E-state index is 0.137. The van der Waals surface area contributed by atoms with Crippen LogP contribution in [0.5, 0.6) is 0 Å². The second-order valence-electron chi connectivity index (χ2n) is 4.51. The molecule has 0 amide bonds. The van der Waals surface area contributed by atoms with Gasteiger partial charge in [-0.2, -0.15) is 0 Å². The Hall–Kier alpha value is -0.580. The van der Waals surface area contributed by atoms with E-state index >= 15 is 0 Å². The molecule has 1 saturated heterocycles. The second-order valence-corrected chi connectivity index (χ2v) is 5.79. The number of halogens is 1. The Balaban J connectivity index is 1.98. The van der Waals surface area contributed by atoms with Gasteiger partial charge in [0.1, 0.15) is 5.82 Å². The first-order valence-corrected chi connectivity index (χ1v) is 7.41. The molecule has 1 aromatic rings. The third-order valence-corrected chi connectivity index (χ3v) is 4.43. The lowest BCUT2D eigenvalue weighted by atomic mass is 10.1. The van der Waals surface area contributed by atoms with Crippen molar-refractivity contribution in [3.8, 4) is 0 Å². The Labute approximate surface area is 112 Å². The number of hydrogen-bond acceptors (Lipinski definition) is 3. The van der Waals surface area contributed by atoms with Gasteiger partial charge in [-0.25, -0.2) is 4.39 Å². The van der Waals surface area contributed by atoms with E-state index in [1.165, 1.54) is 6.07 Å². The number of hydrogen-bond donors (Lipinski definition) is 1. The van der Waals surface area contributed by atoms with E-state index in [0.29, 0.717) is 17.9 Å². The highest BCUT2D eigenvalue weighted by Gasteiger charge is 2.26. The maximum Gasteiger partial charge on any atom is 0.136 e. The number of rotatable bonds is 5. The van der Waals surface area contributed by atoms with Crippen LogP contribution in [0.1, 0.15) is 19.8 Å². The molecule has 0 bridgehead atoms. The largest absolute Gasteiger partial charge is 0.380 e. The molecule has 1 aliphatic heterocycles. The van der Waals surface area contributed by atoms with Crippen molar-refractivity contribution in [1.82, 2.24) is 5.32 Å². The van der Waals surface area contributed by atoms with E-state index in [2.05, 4.69) is 12.2 Å². The summed E-state index contributed by atoms with van der Waals surface area (Å²) in [5, 5.41) is 3.83. The average Bonchev–Trinajstić information content (AvgIpc) is 2.40. The molecule has 1 fully saturated rings. The lowest BCUT2D eigenvalue weighted by Crippen LogP contribution is -2.45. The van der Waals surface area contributed by atoms with Crippen LogP contribution in [0.25, 0.3) is 0 Å². The van der Waals surface area contributed by atoms with Gasteiger partial charge in [0, 0.05) is 22.8 Å². The topological polar surface area (TPSA) is 21.3 Å². The Morgan fingerprint density at radius 1 is 1.44 bits per heavy atom. The van der Waals surface area contributed by atoms with Gasteiger partial charge in [-0.1, -0.05) is 19.1 Å². The first-order valence-electron chi connectivity index (χ1n) is 6.53. The Morgan fingerprint density at radius 2 is 2.28 bits per heavy atom. The molecule has 0 aromatic heterocycles. The minimum Gasteiger partial charge on any atom is -0.380 e. The van der Waals surface area contributed by atoms with Gasteiger partial charge in [0.25, 0.3) is 0 Å². The number of ether oxygens (including phenoxy) is 1. The van der Waals surface area contributed by atoms with Crippen LogP contribution in [0.4, 0.5) is 4.39 Å². The first-order chi connectivity index (χ1) is 8.81. The van der Waals surface area contributed by atoms with Crippen LogP contribution in [0, 0.1) is 5.82 Å². The van der Waals surface area contributed by atoms with E-state index in [-0.39, 0.29) is 5.82 Å². The Kier molecular flexibility index (Phi) is 5.47. The summed E-state index contributed by atoms with van der Waals surface area (Å²) in [6.45, 7) is 4.67. The van der Waals surface area contributed by atoms with Crippen molar-refractivity contribution in [3.05, 3.63) is 30.1 Å². The molecule has 1 heterocycles. The predicted molar refractivity (Wildman–Crippen MR) is 73.6 cm³/mol. The molecule has 2 rings (SSSR count). The maximum absolute atomic E-state index is 13.6. The molecule has 2 unspecified atom stereocenters. The third-order valence-electron chi connectivity index (χ3n) is 3.08. The normalized spacial score (nSPS) is 24.1. The molecule has 0 aliphatic carbocycles. The summed E-state index contributed by atoms with van der Waals surface area (Å²) in [5.41, 5.74) is 0. The fraction of sp³-hybridized carbons (Fsp3) is 0.571. The summed E-state index contributed by atoms with van der Waals surface area (Å²) in [6, 6.07) is 7.38. The van der Waals surface area contributed by atoms with E-state index in [9.17, 15) is 4.39 Å². The summed E-state index contributed by atoms with van der Waals surface area (Å²) in [6.07, 6.45) is 2.13. The van der Waals surface area contributed by atoms with Crippen LogP contribution in [0.3, 0.4) is 0 Å². The Bertz CT molecular complexity index is 375. The van der Waals surface area contributed by atoms with Crippen LogP contribution in [-0.4, -0.2) is 31.1 Å². The predicted octanol–water partition coefficient (Wildman–Crippen LogP) is 3.07. The number of benzene rings is 1. The van der Waals surface area contributed by atoms with Crippen LogP contribution in [0.15, 0.2) is 29.2 Å². The number of nitrogens with one attached hydrogen (secondary N) is 1.